The van der Waals surface area contributed by atoms with Gasteiger partial charge in [0, 0.05) is 23.5 Å². The molecule has 92 valence electrons. The van der Waals surface area contributed by atoms with Gasteiger partial charge in [-0.2, -0.15) is 0 Å². The predicted molar refractivity (Wildman–Crippen MR) is 57.2 cm³/mol. The van der Waals surface area contributed by atoms with E-state index in [4.69, 9.17) is 0 Å². The van der Waals surface area contributed by atoms with E-state index in [1.807, 2.05) is 0 Å². The molecule has 1 rings (SSSR count). The number of aliphatic hydroxyl groups is 2. The van der Waals surface area contributed by atoms with Crippen LogP contribution in [0.15, 0.2) is 18.5 Å². The second-order valence-corrected chi connectivity index (χ2v) is 3.46. The Labute approximate surface area is 97.9 Å². The van der Waals surface area contributed by atoms with E-state index >= 15 is 0 Å². The molecular formula is C11H13NO5. The molecule has 6 nitrogen and oxygen atoms in total. The molecule has 2 unspecified atom stereocenters. The van der Waals surface area contributed by atoms with Gasteiger partial charge in [-0.15, -0.1) is 0 Å². The maximum Gasteiger partial charge on any atom is 0.308 e. The van der Waals surface area contributed by atoms with Crippen LogP contribution in [0.3, 0.4) is 0 Å². The van der Waals surface area contributed by atoms with Crippen LogP contribution in [-0.4, -0.2) is 40.7 Å². The van der Waals surface area contributed by atoms with Gasteiger partial charge in [-0.1, -0.05) is 0 Å². The molecule has 0 aliphatic rings. The Bertz CT molecular complexity index is 407. The second-order valence-electron chi connectivity index (χ2n) is 3.46. The molecule has 0 saturated heterocycles. The molecule has 0 fully saturated rings. The number of aldehydes is 1. The van der Waals surface area contributed by atoms with E-state index in [1.165, 1.54) is 25.6 Å². The van der Waals surface area contributed by atoms with E-state index in [1.54, 1.807) is 0 Å². The first-order valence-electron chi connectivity index (χ1n) is 4.91. The number of hydrogen-bond acceptors (Lipinski definition) is 6. The number of aliphatic hydroxyl groups excluding tert-OH is 2. The van der Waals surface area contributed by atoms with Crippen molar-refractivity contribution >= 4 is 12.3 Å². The maximum absolute atomic E-state index is 10.9. The molecule has 6 heteroatoms. The average Bonchev–Trinajstić information content (AvgIpc) is 2.37. The van der Waals surface area contributed by atoms with E-state index < -0.39 is 18.2 Å². The van der Waals surface area contributed by atoms with Crippen LogP contribution >= 0.6 is 0 Å². The monoisotopic (exact) mass is 239 g/mol. The van der Waals surface area contributed by atoms with Crippen LogP contribution in [0.1, 0.15) is 28.4 Å². The Morgan fingerprint density at radius 2 is 2.24 bits per heavy atom. The van der Waals surface area contributed by atoms with Crippen molar-refractivity contribution in [1.82, 2.24) is 4.98 Å². The third-order valence-electron chi connectivity index (χ3n) is 2.23. The summed E-state index contributed by atoms with van der Waals surface area (Å²) >= 11 is 0. The van der Waals surface area contributed by atoms with Gasteiger partial charge in [0.1, 0.15) is 6.10 Å². The van der Waals surface area contributed by atoms with Crippen LogP contribution in [0.25, 0.3) is 0 Å². The van der Waals surface area contributed by atoms with Gasteiger partial charge in [0.25, 0.3) is 0 Å². The fourth-order valence-electron chi connectivity index (χ4n) is 1.29. The topological polar surface area (TPSA) is 96.7 Å². The van der Waals surface area contributed by atoms with Crippen LogP contribution in [0, 0.1) is 0 Å². The Morgan fingerprint density at radius 1 is 1.53 bits per heavy atom. The molecule has 0 bridgehead atoms. The Kier molecular flexibility index (Phi) is 4.74. The van der Waals surface area contributed by atoms with Crippen molar-refractivity contribution in [3.63, 3.8) is 0 Å². The SMILES string of the molecule is COC(=O)CC(O)C(O)c1cncc(C=O)c1. The zero-order chi connectivity index (χ0) is 12.8. The highest BCUT2D eigenvalue weighted by Gasteiger charge is 2.22. The summed E-state index contributed by atoms with van der Waals surface area (Å²) in [6, 6.07) is 1.39. The lowest BCUT2D eigenvalue weighted by Gasteiger charge is -2.16. The van der Waals surface area contributed by atoms with Gasteiger partial charge in [-0.25, -0.2) is 0 Å². The number of nitrogens with zero attached hydrogens (tertiary/aromatic N) is 1. The van der Waals surface area contributed by atoms with E-state index in [2.05, 4.69) is 9.72 Å². The minimum absolute atomic E-state index is 0.269. The number of hydrogen-bond donors (Lipinski definition) is 2. The van der Waals surface area contributed by atoms with Crippen LogP contribution in [-0.2, 0) is 9.53 Å². The molecule has 1 aromatic rings. The molecule has 1 aromatic heterocycles. The summed E-state index contributed by atoms with van der Waals surface area (Å²) < 4.78 is 4.37. The smallest absolute Gasteiger partial charge is 0.308 e. The minimum Gasteiger partial charge on any atom is -0.469 e. The lowest BCUT2D eigenvalue weighted by molar-refractivity contribution is -0.144. The number of ether oxygens (including phenoxy) is 1. The molecule has 0 saturated carbocycles. The Hall–Kier alpha value is -1.79. The summed E-state index contributed by atoms with van der Waals surface area (Å²) in [5.74, 6) is -0.629. The summed E-state index contributed by atoms with van der Waals surface area (Å²) in [5.41, 5.74) is 0.554. The number of methoxy groups -OCH3 is 1. The molecule has 17 heavy (non-hydrogen) atoms. The van der Waals surface area contributed by atoms with Crippen molar-refractivity contribution < 1.29 is 24.5 Å². The van der Waals surface area contributed by atoms with Gasteiger partial charge in [0.15, 0.2) is 6.29 Å². The normalized spacial score (nSPS) is 13.8. The molecule has 0 amide bonds. The van der Waals surface area contributed by atoms with Crippen LogP contribution in [0.5, 0.6) is 0 Å². The molecule has 0 aromatic carbocycles. The minimum atomic E-state index is -1.30. The van der Waals surface area contributed by atoms with E-state index in [9.17, 15) is 19.8 Å². The number of rotatable bonds is 5. The summed E-state index contributed by atoms with van der Waals surface area (Å²) in [7, 11) is 1.19. The number of carbonyl (C=O) groups is 2. The first kappa shape index (κ1) is 13.3. The molecule has 0 aliphatic carbocycles. The second kappa shape index (κ2) is 6.07. The first-order valence-corrected chi connectivity index (χ1v) is 4.91. The van der Waals surface area contributed by atoms with E-state index in [0.29, 0.717) is 6.29 Å². The third-order valence-corrected chi connectivity index (χ3v) is 2.23. The quantitative estimate of drug-likeness (QED) is 0.548. The summed E-state index contributed by atoms with van der Waals surface area (Å²) in [6.45, 7) is 0. The lowest BCUT2D eigenvalue weighted by Crippen LogP contribution is -2.22. The maximum atomic E-state index is 10.9. The van der Waals surface area contributed by atoms with Gasteiger partial charge in [-0.05, 0) is 6.07 Å². The van der Waals surface area contributed by atoms with Gasteiger partial charge in [0.05, 0.1) is 19.6 Å². The summed E-state index contributed by atoms with van der Waals surface area (Å²) in [4.78, 5) is 25.2. The van der Waals surface area contributed by atoms with Crippen molar-refractivity contribution in [1.29, 1.82) is 0 Å². The zero-order valence-electron chi connectivity index (χ0n) is 9.24. The highest BCUT2D eigenvalue weighted by molar-refractivity contribution is 5.74. The standard InChI is InChI=1S/C11H13NO5/c1-17-10(15)3-9(14)11(16)8-2-7(6-13)4-12-5-8/h2,4-6,9,11,14,16H,3H2,1H3. The first-order chi connectivity index (χ1) is 8.08. The van der Waals surface area contributed by atoms with E-state index in [0.717, 1.165) is 0 Å². The zero-order valence-corrected chi connectivity index (χ0v) is 9.24. The molecule has 0 spiro atoms. The van der Waals surface area contributed by atoms with Crippen molar-refractivity contribution in [3.05, 3.63) is 29.6 Å². The number of esters is 1. The largest absolute Gasteiger partial charge is 0.469 e. The molecule has 0 radical (unpaired) electrons. The molecule has 0 aliphatic heterocycles. The van der Waals surface area contributed by atoms with Crippen molar-refractivity contribution in [2.45, 2.75) is 18.6 Å². The number of pyridine rings is 1. The average molecular weight is 239 g/mol. The van der Waals surface area contributed by atoms with Crippen LogP contribution in [0.4, 0.5) is 0 Å². The van der Waals surface area contributed by atoms with Gasteiger partial charge in [0.2, 0.25) is 0 Å². The predicted octanol–water partition coefficient (Wildman–Crippen LogP) is -0.148. The van der Waals surface area contributed by atoms with Crippen LogP contribution in [0.2, 0.25) is 0 Å². The highest BCUT2D eigenvalue weighted by atomic mass is 16.5. The van der Waals surface area contributed by atoms with Crippen molar-refractivity contribution in [2.24, 2.45) is 0 Å². The van der Waals surface area contributed by atoms with E-state index in [-0.39, 0.29) is 17.5 Å². The fourth-order valence-corrected chi connectivity index (χ4v) is 1.29. The third kappa shape index (κ3) is 3.61. The highest BCUT2D eigenvalue weighted by Crippen LogP contribution is 2.19. The van der Waals surface area contributed by atoms with Gasteiger partial charge >= 0.3 is 5.97 Å². The van der Waals surface area contributed by atoms with Crippen LogP contribution < -0.4 is 0 Å². The molecule has 2 atom stereocenters. The fraction of sp³-hybridized carbons (Fsp3) is 0.364. The summed E-state index contributed by atoms with van der Waals surface area (Å²) in [5, 5.41) is 19.3. The molecule has 1 heterocycles. The number of carbonyl (C=O) groups excluding carboxylic acids is 2. The van der Waals surface area contributed by atoms with Crippen molar-refractivity contribution in [3.8, 4) is 0 Å². The number of aromatic nitrogens is 1. The van der Waals surface area contributed by atoms with Gasteiger partial charge < -0.3 is 14.9 Å². The summed E-state index contributed by atoms with van der Waals surface area (Å²) in [6.07, 6.45) is 0.306. The van der Waals surface area contributed by atoms with Crippen molar-refractivity contribution in [2.75, 3.05) is 7.11 Å². The van der Waals surface area contributed by atoms with Gasteiger partial charge in [-0.3, -0.25) is 14.6 Å². The molecular weight excluding hydrogens is 226 g/mol. The Balaban J connectivity index is 2.76. The Morgan fingerprint density at radius 3 is 2.82 bits per heavy atom. The molecule has 2 N–H and O–H groups in total. The lowest BCUT2D eigenvalue weighted by atomic mass is 10.0.